The highest BCUT2D eigenvalue weighted by molar-refractivity contribution is 8.00. The topological polar surface area (TPSA) is 92.3 Å². The van der Waals surface area contributed by atoms with Gasteiger partial charge in [0.1, 0.15) is 0 Å². The van der Waals surface area contributed by atoms with Crippen molar-refractivity contribution in [1.29, 1.82) is 0 Å². The molecule has 0 spiro atoms. The van der Waals surface area contributed by atoms with Crippen LogP contribution in [-0.4, -0.2) is 48.8 Å². The van der Waals surface area contributed by atoms with E-state index in [9.17, 15) is 18.0 Å². The lowest BCUT2D eigenvalue weighted by atomic mass is 10.0. The van der Waals surface area contributed by atoms with Crippen molar-refractivity contribution < 1.29 is 18.0 Å². The third-order valence-electron chi connectivity index (χ3n) is 4.81. The van der Waals surface area contributed by atoms with Gasteiger partial charge in [0.2, 0.25) is 11.8 Å². The number of hydrogen-bond acceptors (Lipinski definition) is 5. The van der Waals surface area contributed by atoms with E-state index in [1.54, 1.807) is 0 Å². The van der Waals surface area contributed by atoms with Gasteiger partial charge < -0.3 is 10.6 Å². The lowest BCUT2D eigenvalue weighted by molar-refractivity contribution is -0.120. The van der Waals surface area contributed by atoms with Crippen molar-refractivity contribution in [2.24, 2.45) is 0 Å². The average Bonchev–Trinajstić information content (AvgIpc) is 2.93. The highest BCUT2D eigenvalue weighted by Crippen LogP contribution is 2.22. The molecule has 0 saturated carbocycles. The Bertz CT molecular complexity index is 814. The van der Waals surface area contributed by atoms with Gasteiger partial charge in [0.25, 0.3) is 0 Å². The van der Waals surface area contributed by atoms with E-state index in [1.807, 2.05) is 39.8 Å². The molecule has 2 unspecified atom stereocenters. The molecule has 28 heavy (non-hydrogen) atoms. The molecule has 156 valence electrons. The molecule has 0 bridgehead atoms. The molecular formula is C20H30N2O4S2. The van der Waals surface area contributed by atoms with Crippen LogP contribution in [0.5, 0.6) is 0 Å². The van der Waals surface area contributed by atoms with Gasteiger partial charge >= 0.3 is 0 Å². The number of aryl methyl sites for hydroxylation is 3. The van der Waals surface area contributed by atoms with E-state index in [2.05, 4.69) is 10.6 Å². The third kappa shape index (κ3) is 6.81. The minimum Gasteiger partial charge on any atom is -0.351 e. The summed E-state index contributed by atoms with van der Waals surface area (Å²) in [6, 6.07) is 3.83. The van der Waals surface area contributed by atoms with E-state index in [-0.39, 0.29) is 34.6 Å². The van der Waals surface area contributed by atoms with E-state index in [0.717, 1.165) is 16.8 Å². The first-order valence-electron chi connectivity index (χ1n) is 9.57. The molecule has 2 N–H and O–H groups in total. The predicted molar refractivity (Wildman–Crippen MR) is 116 cm³/mol. The summed E-state index contributed by atoms with van der Waals surface area (Å²) >= 11 is 1.48. The normalized spacial score (nSPS) is 19.2. The fourth-order valence-corrected chi connectivity index (χ4v) is 5.93. The van der Waals surface area contributed by atoms with E-state index >= 15 is 0 Å². The molecule has 0 aromatic heterocycles. The molecule has 0 aliphatic carbocycles. The van der Waals surface area contributed by atoms with Crippen molar-refractivity contribution >= 4 is 39.1 Å². The van der Waals surface area contributed by atoms with Crippen LogP contribution < -0.4 is 10.6 Å². The molecule has 1 aromatic carbocycles. The van der Waals surface area contributed by atoms with Crippen LogP contribution in [0, 0.1) is 20.8 Å². The van der Waals surface area contributed by atoms with Crippen molar-refractivity contribution in [2.75, 3.05) is 22.6 Å². The second kappa shape index (κ2) is 9.78. The highest BCUT2D eigenvalue weighted by Gasteiger charge is 2.29. The number of sulfone groups is 1. The van der Waals surface area contributed by atoms with E-state index in [1.165, 1.54) is 17.3 Å². The standard InChI is InChI=1S/C20H30N2O4S2/c1-13-10-14(2)19(15(3)11-13)22-18(23)6-5-8-27-16(4)20(24)21-17-7-9-28(25,26)12-17/h10-11,16-17H,5-9,12H2,1-4H3,(H,21,24)(H,22,23). The Morgan fingerprint density at radius 3 is 2.43 bits per heavy atom. The summed E-state index contributed by atoms with van der Waals surface area (Å²) in [4.78, 5) is 24.4. The van der Waals surface area contributed by atoms with Gasteiger partial charge in [-0.15, -0.1) is 11.8 Å². The molecule has 2 amide bonds. The molecule has 1 saturated heterocycles. The molecule has 0 radical (unpaired) electrons. The molecular weight excluding hydrogens is 396 g/mol. The molecule has 1 aliphatic heterocycles. The summed E-state index contributed by atoms with van der Waals surface area (Å²) in [6.07, 6.45) is 1.56. The summed E-state index contributed by atoms with van der Waals surface area (Å²) in [5.74, 6) is 0.714. The number of hydrogen-bond donors (Lipinski definition) is 2. The van der Waals surface area contributed by atoms with Gasteiger partial charge in [0.05, 0.1) is 16.8 Å². The summed E-state index contributed by atoms with van der Waals surface area (Å²) in [6.45, 7) is 7.82. The van der Waals surface area contributed by atoms with Crippen LogP contribution in [0.3, 0.4) is 0 Å². The van der Waals surface area contributed by atoms with Gasteiger partial charge in [-0.3, -0.25) is 9.59 Å². The molecule has 1 heterocycles. The Morgan fingerprint density at radius 2 is 1.86 bits per heavy atom. The van der Waals surface area contributed by atoms with Gasteiger partial charge in [-0.25, -0.2) is 8.42 Å². The molecule has 8 heteroatoms. The Kier molecular flexibility index (Phi) is 7.95. The molecule has 1 aromatic rings. The Balaban J connectivity index is 1.69. The van der Waals surface area contributed by atoms with Gasteiger partial charge in [0.15, 0.2) is 9.84 Å². The Morgan fingerprint density at radius 1 is 1.21 bits per heavy atom. The van der Waals surface area contributed by atoms with Crippen LogP contribution in [0.4, 0.5) is 5.69 Å². The van der Waals surface area contributed by atoms with E-state index in [0.29, 0.717) is 25.0 Å². The fraction of sp³-hybridized carbons (Fsp3) is 0.600. The molecule has 6 nitrogen and oxygen atoms in total. The second-order valence-corrected chi connectivity index (χ2v) is 11.2. The minimum atomic E-state index is -3.00. The molecule has 2 rings (SSSR count). The smallest absolute Gasteiger partial charge is 0.233 e. The number of carbonyl (C=O) groups is 2. The lowest BCUT2D eigenvalue weighted by Gasteiger charge is -2.16. The van der Waals surface area contributed by atoms with Gasteiger partial charge in [-0.05, 0) is 57.4 Å². The van der Waals surface area contributed by atoms with Crippen LogP contribution >= 0.6 is 11.8 Å². The average molecular weight is 427 g/mol. The Hall–Kier alpha value is -1.54. The SMILES string of the molecule is Cc1cc(C)c(NC(=O)CCCSC(C)C(=O)NC2CCS(=O)(=O)C2)c(C)c1. The zero-order valence-electron chi connectivity index (χ0n) is 17.0. The van der Waals surface area contributed by atoms with Gasteiger partial charge in [-0.1, -0.05) is 17.7 Å². The van der Waals surface area contributed by atoms with E-state index < -0.39 is 9.84 Å². The van der Waals surface area contributed by atoms with Crippen molar-refractivity contribution in [3.05, 3.63) is 28.8 Å². The summed E-state index contributed by atoms with van der Waals surface area (Å²) in [5, 5.41) is 5.53. The van der Waals surface area contributed by atoms with Gasteiger partial charge in [-0.2, -0.15) is 0 Å². The maximum Gasteiger partial charge on any atom is 0.233 e. The number of rotatable bonds is 8. The third-order valence-corrected chi connectivity index (χ3v) is 7.81. The van der Waals surface area contributed by atoms with Crippen LogP contribution in [-0.2, 0) is 19.4 Å². The molecule has 1 fully saturated rings. The summed E-state index contributed by atoms with van der Waals surface area (Å²) in [5.41, 5.74) is 4.16. The molecule has 2 atom stereocenters. The molecule has 1 aliphatic rings. The maximum absolute atomic E-state index is 12.2. The number of amides is 2. The van der Waals surface area contributed by atoms with E-state index in [4.69, 9.17) is 0 Å². The van der Waals surface area contributed by atoms with Crippen molar-refractivity contribution in [2.45, 2.75) is 58.2 Å². The zero-order chi connectivity index (χ0) is 20.9. The first-order valence-corrected chi connectivity index (χ1v) is 12.4. The van der Waals surface area contributed by atoms with Crippen LogP contribution in [0.2, 0.25) is 0 Å². The van der Waals surface area contributed by atoms with Crippen LogP contribution in [0.1, 0.15) is 42.9 Å². The fourth-order valence-electron chi connectivity index (χ4n) is 3.38. The first-order chi connectivity index (χ1) is 13.1. The maximum atomic E-state index is 12.2. The van der Waals surface area contributed by atoms with Gasteiger partial charge in [0, 0.05) is 18.2 Å². The van der Waals surface area contributed by atoms with Crippen molar-refractivity contribution in [3.63, 3.8) is 0 Å². The monoisotopic (exact) mass is 426 g/mol. The number of benzene rings is 1. The van der Waals surface area contributed by atoms with Crippen molar-refractivity contribution in [3.8, 4) is 0 Å². The summed E-state index contributed by atoms with van der Waals surface area (Å²) in [7, 11) is -3.00. The predicted octanol–water partition coefficient (Wildman–Crippen LogP) is 2.76. The van der Waals surface area contributed by atoms with Crippen LogP contribution in [0.25, 0.3) is 0 Å². The quantitative estimate of drug-likeness (QED) is 0.624. The summed E-state index contributed by atoms with van der Waals surface area (Å²) < 4.78 is 22.9. The number of carbonyl (C=O) groups excluding carboxylic acids is 2. The van der Waals surface area contributed by atoms with Crippen molar-refractivity contribution in [1.82, 2.24) is 5.32 Å². The first kappa shape index (κ1) is 22.7. The minimum absolute atomic E-state index is 0.0241. The number of thioether (sulfide) groups is 1. The Labute approximate surface area is 172 Å². The van der Waals surface area contributed by atoms with Crippen LogP contribution in [0.15, 0.2) is 12.1 Å². The second-order valence-electron chi connectivity index (χ2n) is 7.55. The lowest BCUT2D eigenvalue weighted by Crippen LogP contribution is -2.40. The highest BCUT2D eigenvalue weighted by atomic mass is 32.2. The number of anilines is 1. The zero-order valence-corrected chi connectivity index (χ0v) is 18.6. The largest absolute Gasteiger partial charge is 0.351 e. The number of nitrogens with one attached hydrogen (secondary N) is 2.